The molecule has 17 heavy (non-hydrogen) atoms. The summed E-state index contributed by atoms with van der Waals surface area (Å²) >= 11 is 0. The van der Waals surface area contributed by atoms with Crippen LogP contribution in [0.25, 0.3) is 0 Å². The largest absolute Gasteiger partial charge is 0.390 e. The van der Waals surface area contributed by atoms with Crippen LogP contribution in [0.5, 0.6) is 0 Å². The third-order valence-electron chi connectivity index (χ3n) is 4.12. The van der Waals surface area contributed by atoms with Gasteiger partial charge in [0, 0.05) is 20.0 Å². The van der Waals surface area contributed by atoms with Gasteiger partial charge in [-0.2, -0.15) is 0 Å². The van der Waals surface area contributed by atoms with E-state index in [2.05, 4.69) is 24.3 Å². The molecule has 3 rings (SSSR count). The molecule has 0 amide bonds. The second-order valence-corrected chi connectivity index (χ2v) is 5.78. The van der Waals surface area contributed by atoms with Gasteiger partial charge in [-0.1, -0.05) is 24.3 Å². The molecule has 92 valence electrons. The molecule has 1 aromatic carbocycles. The minimum atomic E-state index is -0.392. The summed E-state index contributed by atoms with van der Waals surface area (Å²) in [7, 11) is 1.81. The summed E-state index contributed by atoms with van der Waals surface area (Å²) in [6.45, 7) is 0. The maximum absolute atomic E-state index is 9.94. The van der Waals surface area contributed by atoms with Crippen LogP contribution >= 0.6 is 0 Å². The third kappa shape index (κ3) is 2.53. The SMILES string of the molecule is COC1(Cc2cccc(CC3(O)CC3)c2)CC1. The van der Waals surface area contributed by atoms with Gasteiger partial charge < -0.3 is 9.84 Å². The zero-order valence-electron chi connectivity index (χ0n) is 10.4. The van der Waals surface area contributed by atoms with Crippen LogP contribution in [0.3, 0.4) is 0 Å². The molecule has 0 radical (unpaired) electrons. The molecule has 0 heterocycles. The topological polar surface area (TPSA) is 29.5 Å². The molecule has 0 aromatic heterocycles. The Labute approximate surface area is 103 Å². The van der Waals surface area contributed by atoms with Gasteiger partial charge in [-0.15, -0.1) is 0 Å². The molecule has 0 atom stereocenters. The van der Waals surface area contributed by atoms with Crippen molar-refractivity contribution in [2.24, 2.45) is 0 Å². The molecule has 1 N–H and O–H groups in total. The fourth-order valence-corrected chi connectivity index (χ4v) is 2.52. The lowest BCUT2D eigenvalue weighted by atomic mass is 10.00. The quantitative estimate of drug-likeness (QED) is 0.845. The molecule has 2 nitrogen and oxygen atoms in total. The van der Waals surface area contributed by atoms with E-state index in [1.165, 1.54) is 24.0 Å². The lowest BCUT2D eigenvalue weighted by Crippen LogP contribution is -2.15. The number of methoxy groups -OCH3 is 1. The van der Waals surface area contributed by atoms with E-state index in [4.69, 9.17) is 4.74 Å². The first kappa shape index (κ1) is 11.2. The summed E-state index contributed by atoms with van der Waals surface area (Å²) in [6, 6.07) is 8.61. The van der Waals surface area contributed by atoms with E-state index in [9.17, 15) is 5.11 Å². The van der Waals surface area contributed by atoms with Gasteiger partial charge in [-0.05, 0) is 36.8 Å². The maximum Gasteiger partial charge on any atom is 0.0721 e. The van der Waals surface area contributed by atoms with Crippen molar-refractivity contribution in [3.05, 3.63) is 35.4 Å². The Morgan fingerprint density at radius 1 is 1.12 bits per heavy atom. The van der Waals surface area contributed by atoms with E-state index in [1.54, 1.807) is 0 Å². The number of hydrogen-bond acceptors (Lipinski definition) is 2. The number of ether oxygens (including phenoxy) is 1. The Morgan fingerprint density at radius 2 is 1.76 bits per heavy atom. The summed E-state index contributed by atoms with van der Waals surface area (Å²) in [4.78, 5) is 0. The molecular formula is C15H20O2. The molecular weight excluding hydrogens is 212 g/mol. The summed E-state index contributed by atoms with van der Waals surface area (Å²) in [6.07, 6.45) is 6.09. The molecule has 2 fully saturated rings. The van der Waals surface area contributed by atoms with Gasteiger partial charge in [-0.3, -0.25) is 0 Å². The van der Waals surface area contributed by atoms with Gasteiger partial charge in [0.1, 0.15) is 0 Å². The van der Waals surface area contributed by atoms with Crippen LogP contribution < -0.4 is 0 Å². The highest BCUT2D eigenvalue weighted by Crippen LogP contribution is 2.42. The lowest BCUT2D eigenvalue weighted by molar-refractivity contribution is 0.0807. The highest BCUT2D eigenvalue weighted by atomic mass is 16.5. The second kappa shape index (κ2) is 3.82. The van der Waals surface area contributed by atoms with Crippen molar-refractivity contribution >= 4 is 0 Å². The summed E-state index contributed by atoms with van der Waals surface area (Å²) < 4.78 is 5.56. The number of rotatable bonds is 5. The van der Waals surface area contributed by atoms with Crippen LogP contribution in [-0.4, -0.2) is 23.4 Å². The average Bonchev–Trinajstić information content (AvgIpc) is 3.20. The molecule has 2 aliphatic carbocycles. The predicted octanol–water partition coefficient (Wildman–Crippen LogP) is 2.48. The van der Waals surface area contributed by atoms with Crippen molar-refractivity contribution in [3.8, 4) is 0 Å². The zero-order chi connectivity index (χ0) is 11.9. The number of benzene rings is 1. The van der Waals surface area contributed by atoms with Crippen molar-refractivity contribution in [1.29, 1.82) is 0 Å². The van der Waals surface area contributed by atoms with Crippen molar-refractivity contribution in [1.82, 2.24) is 0 Å². The molecule has 2 saturated carbocycles. The monoisotopic (exact) mass is 232 g/mol. The molecule has 0 aliphatic heterocycles. The first-order valence-electron chi connectivity index (χ1n) is 6.49. The van der Waals surface area contributed by atoms with Crippen LogP contribution in [0.1, 0.15) is 36.8 Å². The molecule has 0 saturated heterocycles. The summed E-state index contributed by atoms with van der Waals surface area (Å²) in [5.74, 6) is 0. The molecule has 2 aliphatic rings. The molecule has 2 heteroatoms. The van der Waals surface area contributed by atoms with Gasteiger partial charge in [0.15, 0.2) is 0 Å². The number of hydrogen-bond donors (Lipinski definition) is 1. The highest BCUT2D eigenvalue weighted by molar-refractivity contribution is 5.28. The Balaban J connectivity index is 1.70. The number of aliphatic hydroxyl groups is 1. The van der Waals surface area contributed by atoms with Crippen molar-refractivity contribution in [2.45, 2.75) is 49.7 Å². The fourth-order valence-electron chi connectivity index (χ4n) is 2.52. The lowest BCUT2D eigenvalue weighted by Gasteiger charge is -2.14. The second-order valence-electron chi connectivity index (χ2n) is 5.78. The van der Waals surface area contributed by atoms with Crippen LogP contribution in [0.15, 0.2) is 24.3 Å². The van der Waals surface area contributed by atoms with Crippen LogP contribution in [0.2, 0.25) is 0 Å². The highest BCUT2D eigenvalue weighted by Gasteiger charge is 2.43. The van der Waals surface area contributed by atoms with Crippen molar-refractivity contribution in [3.63, 3.8) is 0 Å². The van der Waals surface area contributed by atoms with Crippen LogP contribution in [0, 0.1) is 0 Å². The molecule has 0 spiro atoms. The first-order valence-corrected chi connectivity index (χ1v) is 6.49. The van der Waals surface area contributed by atoms with Gasteiger partial charge in [-0.25, -0.2) is 0 Å². The van der Waals surface area contributed by atoms with E-state index in [0.717, 1.165) is 25.7 Å². The Bertz CT molecular complexity index is 417. The third-order valence-corrected chi connectivity index (χ3v) is 4.12. The van der Waals surface area contributed by atoms with Crippen LogP contribution in [-0.2, 0) is 17.6 Å². The minimum Gasteiger partial charge on any atom is -0.390 e. The molecule has 0 bridgehead atoms. The Kier molecular flexibility index (Phi) is 2.53. The maximum atomic E-state index is 9.94. The van der Waals surface area contributed by atoms with E-state index in [0.29, 0.717) is 0 Å². The summed E-state index contributed by atoms with van der Waals surface area (Å²) in [5.41, 5.74) is 2.33. The Hall–Kier alpha value is -0.860. The minimum absolute atomic E-state index is 0.120. The van der Waals surface area contributed by atoms with Gasteiger partial charge in [0.05, 0.1) is 11.2 Å². The van der Waals surface area contributed by atoms with E-state index in [-0.39, 0.29) is 5.60 Å². The van der Waals surface area contributed by atoms with Gasteiger partial charge in [0.2, 0.25) is 0 Å². The van der Waals surface area contributed by atoms with E-state index < -0.39 is 5.60 Å². The van der Waals surface area contributed by atoms with E-state index >= 15 is 0 Å². The molecule has 0 unspecified atom stereocenters. The average molecular weight is 232 g/mol. The fraction of sp³-hybridized carbons (Fsp3) is 0.600. The zero-order valence-corrected chi connectivity index (χ0v) is 10.4. The normalized spacial score (nSPS) is 23.4. The standard InChI is InChI=1S/C15H20O2/c1-17-15(7-8-15)11-13-4-2-3-12(9-13)10-14(16)5-6-14/h2-4,9,16H,5-8,10-11H2,1H3. The first-order chi connectivity index (χ1) is 8.13. The van der Waals surface area contributed by atoms with Crippen molar-refractivity contribution in [2.75, 3.05) is 7.11 Å². The van der Waals surface area contributed by atoms with Crippen molar-refractivity contribution < 1.29 is 9.84 Å². The van der Waals surface area contributed by atoms with Crippen LogP contribution in [0.4, 0.5) is 0 Å². The Morgan fingerprint density at radius 3 is 2.29 bits per heavy atom. The predicted molar refractivity (Wildman–Crippen MR) is 67.0 cm³/mol. The smallest absolute Gasteiger partial charge is 0.0721 e. The molecule has 1 aromatic rings. The van der Waals surface area contributed by atoms with Gasteiger partial charge >= 0.3 is 0 Å². The van der Waals surface area contributed by atoms with E-state index in [1.807, 2.05) is 7.11 Å². The summed E-state index contributed by atoms with van der Waals surface area (Å²) in [5, 5.41) is 9.94. The van der Waals surface area contributed by atoms with Gasteiger partial charge in [0.25, 0.3) is 0 Å².